The third-order valence-corrected chi connectivity index (χ3v) is 5.39. The molecule has 5 atom stereocenters. The van der Waals surface area contributed by atoms with Crippen LogP contribution in [0, 0.1) is 5.21 Å². The zero-order chi connectivity index (χ0) is 22.3. The highest BCUT2D eigenvalue weighted by Crippen LogP contribution is 2.33. The quantitative estimate of drug-likeness (QED) is 0.320. The number of ether oxygens (including phenoxy) is 1. The standard InChI is InChI=1S/C21H20N2O8/c24-15-16(25)18(21(28)29)31-20(17(15)26)22-19(27)12-9-10-5-1-3-7-13(10)23(30)14-8-4-2-6-11(12)14/h1-6,8-9,15-18,20,24-26H,7H2,(H,22,27)(H,28,29)/t15-,16-,17+,18-,20+/m0/s1. The van der Waals surface area contributed by atoms with Gasteiger partial charge in [0.15, 0.2) is 12.3 Å². The van der Waals surface area contributed by atoms with Crippen molar-refractivity contribution in [3.63, 3.8) is 0 Å². The smallest absolute Gasteiger partial charge is 0.335 e. The number of benzene rings is 1. The third kappa shape index (κ3) is 3.66. The fraction of sp³-hybridized carbons (Fsp3) is 0.286. The van der Waals surface area contributed by atoms with E-state index in [9.17, 15) is 35.2 Å². The summed E-state index contributed by atoms with van der Waals surface area (Å²) in [6.07, 6.45) is -1.76. The SMILES string of the molecule is O=C(N[C@@H]1O[C@H](C(=O)O)[C@@H](O)[C@H](O)[C@H]1O)C1=CC2=CC=CCC2=[N+]([O-])c2ccccc21. The van der Waals surface area contributed by atoms with Crippen LogP contribution in [0.15, 0.2) is 54.1 Å². The summed E-state index contributed by atoms with van der Waals surface area (Å²) >= 11 is 0. The van der Waals surface area contributed by atoms with Crippen molar-refractivity contribution in [1.82, 2.24) is 5.32 Å². The van der Waals surface area contributed by atoms with E-state index in [1.165, 1.54) is 6.08 Å². The highest BCUT2D eigenvalue weighted by atomic mass is 16.6. The number of allylic oxidation sites excluding steroid dienone is 5. The maximum absolute atomic E-state index is 13.1. The zero-order valence-corrected chi connectivity index (χ0v) is 16.1. The molecule has 1 aromatic rings. The predicted octanol–water partition coefficient (Wildman–Crippen LogP) is -0.439. The van der Waals surface area contributed by atoms with Gasteiger partial charge < -0.3 is 35.7 Å². The number of hydrogen-bond donors (Lipinski definition) is 5. The predicted molar refractivity (Wildman–Crippen MR) is 107 cm³/mol. The van der Waals surface area contributed by atoms with E-state index in [4.69, 9.17) is 4.74 Å². The minimum absolute atomic E-state index is 0.0938. The molecule has 10 heteroatoms. The summed E-state index contributed by atoms with van der Waals surface area (Å²) in [5, 5.41) is 54.4. The molecule has 1 aliphatic carbocycles. The number of hydrogen-bond acceptors (Lipinski definition) is 7. The maximum atomic E-state index is 13.1. The lowest BCUT2D eigenvalue weighted by Gasteiger charge is -2.39. The number of amides is 1. The number of para-hydroxylation sites is 1. The fourth-order valence-electron chi connectivity index (χ4n) is 3.75. The van der Waals surface area contributed by atoms with Gasteiger partial charge >= 0.3 is 5.97 Å². The molecule has 1 aromatic carbocycles. The lowest BCUT2D eigenvalue weighted by molar-refractivity contribution is -0.361. The van der Waals surface area contributed by atoms with E-state index in [0.29, 0.717) is 23.3 Å². The number of aliphatic hydroxyl groups excluding tert-OH is 3. The van der Waals surface area contributed by atoms with Crippen LogP contribution in [0.3, 0.4) is 0 Å². The number of aliphatic carboxylic acids is 1. The number of fused-ring (bicyclic) bond motifs is 2. The minimum Gasteiger partial charge on any atom is -0.618 e. The molecular formula is C21H20N2O8. The van der Waals surface area contributed by atoms with Gasteiger partial charge in [-0.2, -0.15) is 4.74 Å². The molecule has 31 heavy (non-hydrogen) atoms. The number of carbonyl (C=O) groups is 2. The molecule has 162 valence electrons. The molecule has 0 unspecified atom stereocenters. The number of nitrogens with one attached hydrogen (secondary N) is 1. The van der Waals surface area contributed by atoms with E-state index in [0.717, 1.165) is 4.74 Å². The Bertz CT molecular complexity index is 1060. The number of carboxylic acids is 1. The van der Waals surface area contributed by atoms with Gasteiger partial charge in [-0.3, -0.25) is 4.79 Å². The molecule has 2 heterocycles. The Hall–Kier alpha value is -3.31. The number of nitrogens with zero attached hydrogens (tertiary/aromatic N) is 1. The van der Waals surface area contributed by atoms with Gasteiger partial charge in [-0.05, 0) is 18.2 Å². The average molecular weight is 428 g/mol. The van der Waals surface area contributed by atoms with Crippen LogP contribution in [0.1, 0.15) is 12.0 Å². The molecule has 0 bridgehead atoms. The van der Waals surface area contributed by atoms with Crippen LogP contribution >= 0.6 is 0 Å². The molecule has 10 nitrogen and oxygen atoms in total. The maximum Gasteiger partial charge on any atom is 0.335 e. The third-order valence-electron chi connectivity index (χ3n) is 5.39. The van der Waals surface area contributed by atoms with E-state index in [-0.39, 0.29) is 11.3 Å². The Kier molecular flexibility index (Phi) is 5.46. The summed E-state index contributed by atoms with van der Waals surface area (Å²) in [5.41, 5.74) is 1.66. The van der Waals surface area contributed by atoms with Crippen LogP contribution in [0.4, 0.5) is 5.69 Å². The second-order valence-corrected chi connectivity index (χ2v) is 7.33. The van der Waals surface area contributed by atoms with Crippen LogP contribution in [0.5, 0.6) is 0 Å². The molecule has 1 saturated heterocycles. The van der Waals surface area contributed by atoms with E-state index < -0.39 is 42.5 Å². The van der Waals surface area contributed by atoms with Gasteiger partial charge in [0.05, 0.1) is 17.6 Å². The lowest BCUT2D eigenvalue weighted by atomic mass is 9.96. The number of carbonyl (C=O) groups excluding carboxylic acids is 1. The first-order valence-corrected chi connectivity index (χ1v) is 9.54. The van der Waals surface area contributed by atoms with E-state index in [1.807, 2.05) is 6.08 Å². The van der Waals surface area contributed by atoms with Crippen molar-refractivity contribution in [2.24, 2.45) is 0 Å². The Morgan fingerprint density at radius 1 is 1.13 bits per heavy atom. The van der Waals surface area contributed by atoms with Crippen LogP contribution in [-0.2, 0) is 14.3 Å². The highest BCUT2D eigenvalue weighted by molar-refractivity contribution is 6.23. The second-order valence-electron chi connectivity index (χ2n) is 7.33. The molecule has 1 amide bonds. The molecule has 0 aromatic heterocycles. The molecule has 3 aliphatic rings. The Labute approximate surface area is 176 Å². The lowest BCUT2D eigenvalue weighted by Crippen LogP contribution is -2.64. The molecular weight excluding hydrogens is 408 g/mol. The zero-order valence-electron chi connectivity index (χ0n) is 16.1. The number of carboxylic acid groups (broad SMARTS) is 1. The van der Waals surface area contributed by atoms with E-state index in [1.54, 1.807) is 36.4 Å². The summed E-state index contributed by atoms with van der Waals surface area (Å²) in [6.45, 7) is 0. The summed E-state index contributed by atoms with van der Waals surface area (Å²) in [7, 11) is 0. The Morgan fingerprint density at radius 3 is 2.61 bits per heavy atom. The first kappa shape index (κ1) is 20.9. The van der Waals surface area contributed by atoms with E-state index >= 15 is 0 Å². The summed E-state index contributed by atoms with van der Waals surface area (Å²) < 4.78 is 5.89. The van der Waals surface area contributed by atoms with Crippen molar-refractivity contribution in [3.8, 4) is 0 Å². The van der Waals surface area contributed by atoms with Gasteiger partial charge in [0.1, 0.15) is 18.3 Å². The van der Waals surface area contributed by atoms with Crippen LogP contribution in [0.2, 0.25) is 0 Å². The van der Waals surface area contributed by atoms with Crippen molar-refractivity contribution in [2.45, 2.75) is 37.1 Å². The van der Waals surface area contributed by atoms with Crippen molar-refractivity contribution in [3.05, 3.63) is 64.9 Å². The minimum atomic E-state index is -1.87. The first-order chi connectivity index (χ1) is 14.8. The normalized spacial score (nSPS) is 29.8. The monoisotopic (exact) mass is 428 g/mol. The largest absolute Gasteiger partial charge is 0.618 e. The topological polar surface area (TPSA) is 162 Å². The highest BCUT2D eigenvalue weighted by Gasteiger charge is 2.47. The molecule has 4 rings (SSSR count). The first-order valence-electron chi connectivity index (χ1n) is 9.54. The molecule has 0 spiro atoms. The molecule has 1 fully saturated rings. The van der Waals surface area contributed by atoms with Crippen molar-refractivity contribution >= 4 is 28.8 Å². The summed E-state index contributed by atoms with van der Waals surface area (Å²) in [4.78, 5) is 24.4. The number of aliphatic hydroxyl groups is 3. The van der Waals surface area contributed by atoms with Crippen LogP contribution in [0.25, 0.3) is 5.57 Å². The van der Waals surface area contributed by atoms with Crippen LogP contribution < -0.4 is 5.32 Å². The molecule has 2 aliphatic heterocycles. The summed E-state index contributed by atoms with van der Waals surface area (Å²) in [6, 6.07) is 6.49. The molecule has 0 radical (unpaired) electrons. The van der Waals surface area contributed by atoms with Gasteiger partial charge in [-0.15, -0.1) is 0 Å². The second kappa shape index (κ2) is 8.08. The van der Waals surface area contributed by atoms with Gasteiger partial charge in [-0.25, -0.2) is 4.79 Å². The molecule has 0 saturated carbocycles. The molecule has 5 N–H and O–H groups in total. The fourth-order valence-corrected chi connectivity index (χ4v) is 3.75. The van der Waals surface area contributed by atoms with Gasteiger partial charge in [-0.1, -0.05) is 24.3 Å². The van der Waals surface area contributed by atoms with Crippen molar-refractivity contribution in [1.29, 1.82) is 0 Å². The van der Waals surface area contributed by atoms with Crippen molar-refractivity contribution in [2.75, 3.05) is 0 Å². The Balaban J connectivity index is 1.69. The van der Waals surface area contributed by atoms with E-state index in [2.05, 4.69) is 5.32 Å². The van der Waals surface area contributed by atoms with Gasteiger partial charge in [0.2, 0.25) is 11.4 Å². The average Bonchev–Trinajstić information content (AvgIpc) is 2.89. The summed E-state index contributed by atoms with van der Waals surface area (Å²) in [5.74, 6) is -2.31. The van der Waals surface area contributed by atoms with Gasteiger partial charge in [0.25, 0.3) is 5.91 Å². The number of rotatable bonds is 3. The van der Waals surface area contributed by atoms with Gasteiger partial charge in [0, 0.05) is 11.6 Å². The van der Waals surface area contributed by atoms with Crippen molar-refractivity contribution < 1.29 is 39.5 Å². The Morgan fingerprint density at radius 2 is 1.87 bits per heavy atom. The van der Waals surface area contributed by atoms with Crippen LogP contribution in [-0.4, -0.2) is 73.4 Å².